The Labute approximate surface area is 140 Å². The average Bonchev–Trinajstić information content (AvgIpc) is 2.49. The van der Waals surface area contributed by atoms with Gasteiger partial charge in [-0.3, -0.25) is 5.84 Å². The normalized spacial score (nSPS) is 18.7. The highest BCUT2D eigenvalue weighted by Crippen LogP contribution is 2.27. The Balaban J connectivity index is 0.00000242. The van der Waals surface area contributed by atoms with Gasteiger partial charge in [-0.25, -0.2) is 5.01 Å². The van der Waals surface area contributed by atoms with Crippen molar-refractivity contribution in [2.45, 2.75) is 57.2 Å². The summed E-state index contributed by atoms with van der Waals surface area (Å²) in [7, 11) is 0. The Morgan fingerprint density at radius 2 is 1.77 bits per heavy atom. The lowest BCUT2D eigenvalue weighted by Crippen LogP contribution is -2.46. The first-order valence-corrected chi connectivity index (χ1v) is 8.12. The van der Waals surface area contributed by atoms with Gasteiger partial charge in [0.15, 0.2) is 0 Å². The van der Waals surface area contributed by atoms with Crippen molar-refractivity contribution in [3.8, 4) is 0 Å². The van der Waals surface area contributed by atoms with Gasteiger partial charge in [0.25, 0.3) is 0 Å². The standard InChI is InChI=1S/C17H29N3O.ClH/c18-16(11-14-7-3-1-4-8-14)17(21)13-20(19)12-15-9-5-2-6-10-15;/h2,5-6,9-10,14,16-17,21H,1,3-4,7-8,11-13,18-19H2;1H/t16-,17-;/m0./s1. The lowest BCUT2D eigenvalue weighted by molar-refractivity contribution is 0.0775. The number of rotatable bonds is 7. The van der Waals surface area contributed by atoms with Gasteiger partial charge in [-0.15, -0.1) is 12.4 Å². The molecule has 22 heavy (non-hydrogen) atoms. The van der Waals surface area contributed by atoms with Gasteiger partial charge in [-0.1, -0.05) is 62.4 Å². The van der Waals surface area contributed by atoms with Crippen LogP contribution in [0.15, 0.2) is 30.3 Å². The molecule has 0 aromatic heterocycles. The van der Waals surface area contributed by atoms with Gasteiger partial charge in [0.1, 0.15) is 0 Å². The van der Waals surface area contributed by atoms with Crippen LogP contribution in [0.3, 0.4) is 0 Å². The number of halogens is 1. The highest BCUT2D eigenvalue weighted by molar-refractivity contribution is 5.85. The second kappa shape index (κ2) is 10.2. The molecule has 1 aromatic rings. The minimum atomic E-state index is -0.555. The molecule has 1 saturated carbocycles. The van der Waals surface area contributed by atoms with Gasteiger partial charge >= 0.3 is 0 Å². The quantitative estimate of drug-likeness (QED) is 0.531. The monoisotopic (exact) mass is 327 g/mol. The molecule has 0 amide bonds. The summed E-state index contributed by atoms with van der Waals surface area (Å²) < 4.78 is 0. The lowest BCUT2D eigenvalue weighted by Gasteiger charge is -2.29. The largest absolute Gasteiger partial charge is 0.390 e. The third kappa shape index (κ3) is 6.63. The summed E-state index contributed by atoms with van der Waals surface area (Å²) in [5, 5.41) is 11.9. The second-order valence-electron chi connectivity index (χ2n) is 6.39. The predicted molar refractivity (Wildman–Crippen MR) is 93.5 cm³/mol. The SMILES string of the molecule is Cl.N[C@@H](CC1CCCCC1)[C@@H](O)CN(N)Cc1ccccc1. The van der Waals surface area contributed by atoms with E-state index in [1.807, 2.05) is 30.3 Å². The van der Waals surface area contributed by atoms with Crippen LogP contribution >= 0.6 is 12.4 Å². The van der Waals surface area contributed by atoms with Crippen LogP contribution in [-0.4, -0.2) is 28.8 Å². The lowest BCUT2D eigenvalue weighted by atomic mass is 9.84. The molecule has 0 spiro atoms. The number of nitrogens with zero attached hydrogens (tertiary/aromatic N) is 1. The summed E-state index contributed by atoms with van der Waals surface area (Å²) in [4.78, 5) is 0. The van der Waals surface area contributed by atoms with E-state index in [0.29, 0.717) is 19.0 Å². The molecule has 1 fully saturated rings. The van der Waals surface area contributed by atoms with Gasteiger partial charge in [0, 0.05) is 19.1 Å². The van der Waals surface area contributed by atoms with Crippen molar-refractivity contribution in [1.29, 1.82) is 0 Å². The highest BCUT2D eigenvalue weighted by atomic mass is 35.5. The molecule has 2 rings (SSSR count). The van der Waals surface area contributed by atoms with Crippen LogP contribution in [0, 0.1) is 5.92 Å². The van der Waals surface area contributed by atoms with Crippen molar-refractivity contribution >= 4 is 12.4 Å². The first-order chi connectivity index (χ1) is 10.1. The molecule has 0 aliphatic heterocycles. The van der Waals surface area contributed by atoms with Crippen LogP contribution in [0.1, 0.15) is 44.1 Å². The third-order valence-electron chi connectivity index (χ3n) is 4.47. The molecule has 126 valence electrons. The van der Waals surface area contributed by atoms with Crippen molar-refractivity contribution in [1.82, 2.24) is 5.01 Å². The molecule has 4 nitrogen and oxygen atoms in total. The summed E-state index contributed by atoms with van der Waals surface area (Å²) in [6.07, 6.45) is 6.85. The molecule has 0 saturated heterocycles. The zero-order valence-corrected chi connectivity index (χ0v) is 14.0. The molecule has 1 aliphatic carbocycles. The molecule has 0 bridgehead atoms. The van der Waals surface area contributed by atoms with Crippen molar-refractivity contribution in [2.75, 3.05) is 6.54 Å². The first kappa shape index (κ1) is 19.4. The van der Waals surface area contributed by atoms with E-state index in [2.05, 4.69) is 0 Å². The van der Waals surface area contributed by atoms with E-state index in [0.717, 1.165) is 12.0 Å². The average molecular weight is 328 g/mol. The van der Waals surface area contributed by atoms with Crippen molar-refractivity contribution in [3.63, 3.8) is 0 Å². The fourth-order valence-electron chi connectivity index (χ4n) is 3.22. The molecule has 0 heterocycles. The van der Waals surface area contributed by atoms with E-state index in [4.69, 9.17) is 11.6 Å². The minimum absolute atomic E-state index is 0. The summed E-state index contributed by atoms with van der Waals surface area (Å²) >= 11 is 0. The van der Waals surface area contributed by atoms with Crippen LogP contribution in [0.5, 0.6) is 0 Å². The third-order valence-corrected chi connectivity index (χ3v) is 4.47. The number of aliphatic hydroxyl groups excluding tert-OH is 1. The van der Waals surface area contributed by atoms with Crippen molar-refractivity contribution < 1.29 is 5.11 Å². The molecule has 1 aromatic carbocycles. The van der Waals surface area contributed by atoms with Gasteiger partial charge in [0.05, 0.1) is 6.10 Å². The number of hydrogen-bond acceptors (Lipinski definition) is 4. The number of nitrogens with two attached hydrogens (primary N) is 2. The summed E-state index contributed by atoms with van der Waals surface area (Å²) in [6, 6.07) is 9.87. The summed E-state index contributed by atoms with van der Waals surface area (Å²) in [5.41, 5.74) is 7.30. The fraction of sp³-hybridized carbons (Fsp3) is 0.647. The van der Waals surface area contributed by atoms with Crippen LogP contribution < -0.4 is 11.6 Å². The maximum Gasteiger partial charge on any atom is 0.0831 e. The topological polar surface area (TPSA) is 75.5 Å². The highest BCUT2D eigenvalue weighted by Gasteiger charge is 2.22. The van der Waals surface area contributed by atoms with Crippen LogP contribution in [-0.2, 0) is 6.54 Å². The molecule has 5 N–H and O–H groups in total. The molecule has 0 unspecified atom stereocenters. The van der Waals surface area contributed by atoms with Gasteiger partial charge < -0.3 is 10.8 Å². The number of benzene rings is 1. The Bertz CT molecular complexity index is 398. The van der Waals surface area contributed by atoms with Crippen LogP contribution in [0.25, 0.3) is 0 Å². The number of aliphatic hydroxyl groups is 1. The Morgan fingerprint density at radius 1 is 1.14 bits per heavy atom. The number of hydrogen-bond donors (Lipinski definition) is 3. The molecule has 1 aliphatic rings. The van der Waals surface area contributed by atoms with E-state index in [1.54, 1.807) is 5.01 Å². The van der Waals surface area contributed by atoms with Gasteiger partial charge in [0.2, 0.25) is 0 Å². The molecule has 5 heteroatoms. The smallest absolute Gasteiger partial charge is 0.0831 e. The van der Waals surface area contributed by atoms with Gasteiger partial charge in [-0.05, 0) is 17.9 Å². The minimum Gasteiger partial charge on any atom is -0.390 e. The summed E-state index contributed by atoms with van der Waals surface area (Å²) in [5.74, 6) is 6.68. The van der Waals surface area contributed by atoms with Crippen molar-refractivity contribution in [3.05, 3.63) is 35.9 Å². The van der Waals surface area contributed by atoms with Crippen LogP contribution in [0.2, 0.25) is 0 Å². The maximum atomic E-state index is 10.3. The fourth-order valence-corrected chi connectivity index (χ4v) is 3.22. The van der Waals surface area contributed by atoms with E-state index >= 15 is 0 Å². The second-order valence-corrected chi connectivity index (χ2v) is 6.39. The molecule has 2 atom stereocenters. The maximum absolute atomic E-state index is 10.3. The van der Waals surface area contributed by atoms with E-state index in [1.165, 1.54) is 32.1 Å². The molecular formula is C17H30ClN3O. The number of hydrazine groups is 1. The van der Waals surface area contributed by atoms with E-state index in [-0.39, 0.29) is 18.4 Å². The molecular weight excluding hydrogens is 298 g/mol. The van der Waals surface area contributed by atoms with E-state index in [9.17, 15) is 5.11 Å². The molecule has 0 radical (unpaired) electrons. The predicted octanol–water partition coefficient (Wildman–Crippen LogP) is 2.44. The first-order valence-electron chi connectivity index (χ1n) is 8.12. The Hall–Kier alpha value is -0.650. The van der Waals surface area contributed by atoms with Gasteiger partial charge in [-0.2, -0.15) is 0 Å². The Morgan fingerprint density at radius 3 is 2.41 bits per heavy atom. The van der Waals surface area contributed by atoms with Crippen LogP contribution in [0.4, 0.5) is 0 Å². The van der Waals surface area contributed by atoms with Crippen molar-refractivity contribution in [2.24, 2.45) is 17.5 Å². The van der Waals surface area contributed by atoms with E-state index < -0.39 is 6.10 Å². The Kier molecular flexibility index (Phi) is 8.98. The zero-order chi connectivity index (χ0) is 15.1. The summed E-state index contributed by atoms with van der Waals surface area (Å²) in [6.45, 7) is 1.05. The zero-order valence-electron chi connectivity index (χ0n) is 13.2.